The van der Waals surface area contributed by atoms with Crippen molar-refractivity contribution in [3.63, 3.8) is 0 Å². The van der Waals surface area contributed by atoms with Gasteiger partial charge >= 0.3 is 0 Å². The second-order valence-electron chi connectivity index (χ2n) is 5.37. The predicted molar refractivity (Wildman–Crippen MR) is 85.2 cm³/mol. The van der Waals surface area contributed by atoms with E-state index < -0.39 is 0 Å². The number of aliphatic hydroxyl groups excluding tert-OH is 1. The predicted octanol–water partition coefficient (Wildman–Crippen LogP) is 2.05. The average molecular weight is 345 g/mol. The molecule has 2 rings (SSSR count). The van der Waals surface area contributed by atoms with E-state index in [-0.39, 0.29) is 35.0 Å². The molecule has 0 spiro atoms. The highest BCUT2D eigenvalue weighted by molar-refractivity contribution is 6.43. The van der Waals surface area contributed by atoms with Crippen LogP contribution < -0.4 is 0 Å². The molecule has 1 aromatic carbocycles. The summed E-state index contributed by atoms with van der Waals surface area (Å²) < 4.78 is 0. The summed E-state index contributed by atoms with van der Waals surface area (Å²) in [4.78, 5) is 27.5. The highest BCUT2D eigenvalue weighted by Gasteiger charge is 2.24. The number of aliphatic hydroxyl groups is 1. The molecule has 1 aliphatic heterocycles. The lowest BCUT2D eigenvalue weighted by Gasteiger charge is -2.31. The molecule has 0 atom stereocenters. The van der Waals surface area contributed by atoms with Crippen LogP contribution in [-0.2, 0) is 4.79 Å². The van der Waals surface area contributed by atoms with Gasteiger partial charge in [0.15, 0.2) is 0 Å². The van der Waals surface area contributed by atoms with Crippen LogP contribution in [-0.4, -0.2) is 59.5 Å². The first-order chi connectivity index (χ1) is 10.4. The zero-order valence-electron chi connectivity index (χ0n) is 12.3. The van der Waals surface area contributed by atoms with Crippen molar-refractivity contribution in [1.29, 1.82) is 0 Å². The lowest BCUT2D eigenvalue weighted by atomic mass is 10.1. The fourth-order valence-corrected chi connectivity index (χ4v) is 2.75. The lowest BCUT2D eigenvalue weighted by molar-refractivity contribution is -0.133. The molecule has 0 saturated carbocycles. The second kappa shape index (κ2) is 7.31. The van der Waals surface area contributed by atoms with Crippen molar-refractivity contribution in [2.75, 3.05) is 26.7 Å². The Morgan fingerprint density at radius 1 is 1.32 bits per heavy atom. The largest absolute Gasteiger partial charge is 0.393 e. The Hall–Kier alpha value is -1.30. The molecule has 1 saturated heterocycles. The third-order valence-corrected chi connectivity index (χ3v) is 4.54. The molecule has 0 bridgehead atoms. The number of hydrogen-bond donors (Lipinski definition) is 1. The maximum atomic E-state index is 12.4. The number of carbonyl (C=O) groups is 2. The second-order valence-corrected chi connectivity index (χ2v) is 6.16. The molecule has 7 heteroatoms. The maximum absolute atomic E-state index is 12.4. The maximum Gasteiger partial charge on any atom is 0.255 e. The average Bonchev–Trinajstić information content (AvgIpc) is 2.50. The van der Waals surface area contributed by atoms with Gasteiger partial charge in [0.25, 0.3) is 5.91 Å². The van der Waals surface area contributed by atoms with Gasteiger partial charge in [0.1, 0.15) is 0 Å². The highest BCUT2D eigenvalue weighted by Crippen LogP contribution is 2.26. The highest BCUT2D eigenvalue weighted by atomic mass is 35.5. The Labute approximate surface area is 139 Å². The summed E-state index contributed by atoms with van der Waals surface area (Å²) in [7, 11) is 1.55. The van der Waals surface area contributed by atoms with Gasteiger partial charge in [0.05, 0.1) is 28.3 Å². The molecule has 1 aliphatic rings. The Morgan fingerprint density at radius 2 is 1.95 bits per heavy atom. The van der Waals surface area contributed by atoms with Gasteiger partial charge in [-0.1, -0.05) is 29.3 Å². The van der Waals surface area contributed by atoms with Gasteiger partial charge in [0.2, 0.25) is 5.91 Å². The third-order valence-electron chi connectivity index (χ3n) is 3.72. The van der Waals surface area contributed by atoms with E-state index in [0.717, 1.165) is 0 Å². The van der Waals surface area contributed by atoms with Crippen molar-refractivity contribution < 1.29 is 14.7 Å². The van der Waals surface area contributed by atoms with Gasteiger partial charge in [-0.2, -0.15) is 0 Å². The van der Waals surface area contributed by atoms with Crippen LogP contribution in [0.15, 0.2) is 18.2 Å². The molecule has 0 radical (unpaired) electrons. The van der Waals surface area contributed by atoms with Gasteiger partial charge in [-0.05, 0) is 25.0 Å². The summed E-state index contributed by atoms with van der Waals surface area (Å²) in [5.74, 6) is -0.487. The van der Waals surface area contributed by atoms with Gasteiger partial charge in [0, 0.05) is 20.1 Å². The van der Waals surface area contributed by atoms with Crippen molar-refractivity contribution in [1.82, 2.24) is 9.80 Å². The molecule has 0 aromatic heterocycles. The fourth-order valence-electron chi connectivity index (χ4n) is 2.36. The Morgan fingerprint density at radius 3 is 2.59 bits per heavy atom. The number of carbonyl (C=O) groups excluding carboxylic acids is 2. The summed E-state index contributed by atoms with van der Waals surface area (Å²) in [6.07, 6.45) is 0.807. The zero-order chi connectivity index (χ0) is 16.3. The summed E-state index contributed by atoms with van der Waals surface area (Å²) >= 11 is 11.9. The number of nitrogens with zero attached hydrogens (tertiary/aromatic N) is 2. The minimum atomic E-state index is -0.349. The molecule has 1 heterocycles. The molecular weight excluding hydrogens is 327 g/mol. The number of likely N-dealkylation sites (N-methyl/N-ethyl adjacent to an activating group) is 1. The van der Waals surface area contributed by atoms with E-state index in [0.29, 0.717) is 31.0 Å². The molecule has 1 aromatic rings. The molecule has 22 heavy (non-hydrogen) atoms. The summed E-state index contributed by atoms with van der Waals surface area (Å²) in [6.45, 7) is 0.998. The van der Waals surface area contributed by atoms with Crippen LogP contribution in [0.4, 0.5) is 0 Å². The van der Waals surface area contributed by atoms with E-state index in [1.54, 1.807) is 30.1 Å². The van der Waals surface area contributed by atoms with Crippen molar-refractivity contribution in [3.05, 3.63) is 33.8 Å². The smallest absolute Gasteiger partial charge is 0.255 e. The molecule has 1 fully saturated rings. The molecule has 0 aliphatic carbocycles. The Bertz CT molecular complexity index is 572. The van der Waals surface area contributed by atoms with Crippen LogP contribution in [0.25, 0.3) is 0 Å². The van der Waals surface area contributed by atoms with Crippen LogP contribution in [0.2, 0.25) is 10.0 Å². The minimum Gasteiger partial charge on any atom is -0.393 e. The monoisotopic (exact) mass is 344 g/mol. The lowest BCUT2D eigenvalue weighted by Crippen LogP contribution is -2.45. The number of hydrogen-bond acceptors (Lipinski definition) is 3. The van der Waals surface area contributed by atoms with E-state index in [2.05, 4.69) is 0 Å². The molecule has 5 nitrogen and oxygen atoms in total. The van der Waals surface area contributed by atoms with Crippen LogP contribution in [0, 0.1) is 0 Å². The first-order valence-electron chi connectivity index (χ1n) is 7.05. The molecular formula is C15H18Cl2N2O3. The molecule has 0 unspecified atom stereocenters. The first-order valence-corrected chi connectivity index (χ1v) is 7.81. The number of benzene rings is 1. The number of likely N-dealkylation sites (tertiary alicyclic amines) is 1. The van der Waals surface area contributed by atoms with Gasteiger partial charge < -0.3 is 14.9 Å². The zero-order valence-corrected chi connectivity index (χ0v) is 13.8. The van der Waals surface area contributed by atoms with E-state index in [1.165, 1.54) is 4.90 Å². The summed E-state index contributed by atoms with van der Waals surface area (Å²) in [5, 5.41) is 9.95. The fraction of sp³-hybridized carbons (Fsp3) is 0.467. The number of rotatable bonds is 3. The third kappa shape index (κ3) is 3.91. The normalized spacial score (nSPS) is 15.7. The summed E-state index contributed by atoms with van der Waals surface area (Å²) in [6, 6.07) is 4.82. The standard InChI is InChI=1S/C15H18Cl2N2O3/c1-18(9-13(21)19-7-5-10(20)6-8-19)15(22)11-3-2-4-12(16)14(11)17/h2-4,10,20H,5-9H2,1H3. The molecule has 120 valence electrons. The van der Waals surface area contributed by atoms with Crippen LogP contribution in [0.3, 0.4) is 0 Å². The first kappa shape index (κ1) is 17.1. The topological polar surface area (TPSA) is 60.9 Å². The van der Waals surface area contributed by atoms with Crippen LogP contribution >= 0.6 is 23.2 Å². The van der Waals surface area contributed by atoms with Crippen molar-refractivity contribution in [2.24, 2.45) is 0 Å². The van der Waals surface area contributed by atoms with Crippen LogP contribution in [0.5, 0.6) is 0 Å². The van der Waals surface area contributed by atoms with Crippen molar-refractivity contribution >= 4 is 35.0 Å². The Kier molecular flexibility index (Phi) is 5.67. The quantitative estimate of drug-likeness (QED) is 0.912. The van der Waals surface area contributed by atoms with Crippen molar-refractivity contribution in [2.45, 2.75) is 18.9 Å². The van der Waals surface area contributed by atoms with E-state index in [9.17, 15) is 14.7 Å². The van der Waals surface area contributed by atoms with Gasteiger partial charge in [-0.3, -0.25) is 9.59 Å². The van der Waals surface area contributed by atoms with E-state index >= 15 is 0 Å². The number of amides is 2. The van der Waals surface area contributed by atoms with Gasteiger partial charge in [-0.25, -0.2) is 0 Å². The van der Waals surface area contributed by atoms with Crippen LogP contribution in [0.1, 0.15) is 23.2 Å². The van der Waals surface area contributed by atoms with E-state index in [1.807, 2.05) is 0 Å². The molecule has 2 amide bonds. The molecule has 1 N–H and O–H groups in total. The summed E-state index contributed by atoms with van der Waals surface area (Å²) in [5.41, 5.74) is 0.276. The van der Waals surface area contributed by atoms with E-state index in [4.69, 9.17) is 23.2 Å². The number of piperidine rings is 1. The van der Waals surface area contributed by atoms with Gasteiger partial charge in [-0.15, -0.1) is 0 Å². The SMILES string of the molecule is CN(CC(=O)N1CCC(O)CC1)C(=O)c1cccc(Cl)c1Cl. The minimum absolute atomic E-state index is 0.0300. The Balaban J connectivity index is 1.99. The van der Waals surface area contributed by atoms with Crippen molar-refractivity contribution in [3.8, 4) is 0 Å². The number of halogens is 2.